The van der Waals surface area contributed by atoms with Crippen molar-refractivity contribution in [1.82, 2.24) is 0 Å². The Morgan fingerprint density at radius 1 is 1.44 bits per heavy atom. The number of hydrogen-bond acceptors (Lipinski definition) is 3. The van der Waals surface area contributed by atoms with Gasteiger partial charge in [0.2, 0.25) is 0 Å². The highest BCUT2D eigenvalue weighted by atomic mass is 19.1. The monoisotopic (exact) mass is 226 g/mol. The van der Waals surface area contributed by atoms with E-state index >= 15 is 0 Å². The lowest BCUT2D eigenvalue weighted by atomic mass is 10.1. The second-order valence-electron chi connectivity index (χ2n) is 4.02. The Labute approximate surface area is 93.8 Å². The Bertz CT molecular complexity index is 352. The van der Waals surface area contributed by atoms with Crippen LogP contribution in [0.5, 0.6) is 0 Å². The van der Waals surface area contributed by atoms with Crippen LogP contribution in [0.3, 0.4) is 0 Å². The molecule has 3 nitrogen and oxygen atoms in total. The number of hydrogen-bond donors (Lipinski definition) is 1. The van der Waals surface area contributed by atoms with Gasteiger partial charge in [0.15, 0.2) is 5.79 Å². The van der Waals surface area contributed by atoms with Crippen molar-refractivity contribution in [2.24, 2.45) is 0 Å². The lowest BCUT2D eigenvalue weighted by Crippen LogP contribution is -2.24. The van der Waals surface area contributed by atoms with E-state index in [1.165, 1.54) is 12.1 Å². The molecular weight excluding hydrogens is 211 g/mol. The zero-order chi connectivity index (χ0) is 11.6. The summed E-state index contributed by atoms with van der Waals surface area (Å²) in [6, 6.07) is 6.06. The summed E-state index contributed by atoms with van der Waals surface area (Å²) in [6.45, 7) is 2.33. The average Bonchev–Trinajstić information content (AvgIpc) is 2.63. The minimum absolute atomic E-state index is 0.0769. The highest BCUT2D eigenvalue weighted by Gasteiger charge is 2.38. The van der Waals surface area contributed by atoms with Crippen molar-refractivity contribution in [1.29, 1.82) is 0 Å². The number of benzene rings is 1. The number of aliphatic hydroxyl groups is 1. The molecule has 0 bridgehead atoms. The van der Waals surface area contributed by atoms with Crippen LogP contribution in [-0.2, 0) is 15.3 Å². The molecule has 16 heavy (non-hydrogen) atoms. The second-order valence-corrected chi connectivity index (χ2v) is 4.02. The van der Waals surface area contributed by atoms with Gasteiger partial charge in [-0.1, -0.05) is 12.1 Å². The smallest absolute Gasteiger partial charge is 0.192 e. The maximum absolute atomic E-state index is 12.8. The Morgan fingerprint density at radius 3 is 2.75 bits per heavy atom. The van der Waals surface area contributed by atoms with E-state index in [4.69, 9.17) is 14.6 Å². The van der Waals surface area contributed by atoms with Gasteiger partial charge in [0.1, 0.15) is 5.82 Å². The van der Waals surface area contributed by atoms with E-state index in [0.717, 1.165) is 5.56 Å². The van der Waals surface area contributed by atoms with Gasteiger partial charge in [-0.2, -0.15) is 0 Å². The molecule has 0 radical (unpaired) electrons. The molecule has 2 unspecified atom stereocenters. The van der Waals surface area contributed by atoms with E-state index in [2.05, 4.69) is 0 Å². The van der Waals surface area contributed by atoms with Gasteiger partial charge in [0, 0.05) is 12.2 Å². The van der Waals surface area contributed by atoms with Crippen LogP contribution in [-0.4, -0.2) is 24.4 Å². The van der Waals surface area contributed by atoms with E-state index in [1.54, 1.807) is 19.1 Å². The van der Waals surface area contributed by atoms with Crippen molar-refractivity contribution >= 4 is 0 Å². The number of ether oxygens (including phenoxy) is 2. The molecule has 1 saturated heterocycles. The van der Waals surface area contributed by atoms with Gasteiger partial charge < -0.3 is 14.6 Å². The molecule has 88 valence electrons. The van der Waals surface area contributed by atoms with Crippen molar-refractivity contribution in [3.8, 4) is 0 Å². The van der Waals surface area contributed by atoms with E-state index < -0.39 is 5.79 Å². The van der Waals surface area contributed by atoms with Gasteiger partial charge in [-0.05, 0) is 25.5 Å². The maximum Gasteiger partial charge on any atom is 0.192 e. The normalized spacial score (nSPS) is 29.6. The summed E-state index contributed by atoms with van der Waals surface area (Å²) in [4.78, 5) is 0. The van der Waals surface area contributed by atoms with Gasteiger partial charge in [-0.3, -0.25) is 0 Å². The molecule has 0 aromatic heterocycles. The summed E-state index contributed by atoms with van der Waals surface area (Å²) in [5, 5.41) is 8.82. The fourth-order valence-electron chi connectivity index (χ4n) is 1.83. The fourth-order valence-corrected chi connectivity index (χ4v) is 1.83. The zero-order valence-corrected chi connectivity index (χ0v) is 9.15. The minimum Gasteiger partial charge on any atom is -0.396 e. The molecule has 1 aromatic carbocycles. The molecule has 2 atom stereocenters. The molecule has 1 aromatic rings. The first-order chi connectivity index (χ1) is 7.64. The zero-order valence-electron chi connectivity index (χ0n) is 9.15. The van der Waals surface area contributed by atoms with E-state index in [1.807, 2.05) is 0 Å². The predicted molar refractivity (Wildman–Crippen MR) is 56.3 cm³/mol. The molecule has 1 heterocycles. The molecular formula is C12H15FO3. The van der Waals surface area contributed by atoms with Crippen molar-refractivity contribution in [2.45, 2.75) is 25.2 Å². The summed E-state index contributed by atoms with van der Waals surface area (Å²) in [5.41, 5.74) is 0.786. The lowest BCUT2D eigenvalue weighted by Gasteiger charge is -2.23. The third kappa shape index (κ3) is 2.24. The van der Waals surface area contributed by atoms with Gasteiger partial charge in [0.05, 0.1) is 12.7 Å². The Hall–Kier alpha value is -0.970. The average molecular weight is 226 g/mol. The van der Waals surface area contributed by atoms with Crippen LogP contribution < -0.4 is 0 Å². The first-order valence-electron chi connectivity index (χ1n) is 5.33. The van der Waals surface area contributed by atoms with Crippen LogP contribution in [0.4, 0.5) is 4.39 Å². The highest BCUT2D eigenvalue weighted by molar-refractivity contribution is 5.21. The summed E-state index contributed by atoms with van der Waals surface area (Å²) in [7, 11) is 0. The van der Waals surface area contributed by atoms with Gasteiger partial charge in [0.25, 0.3) is 0 Å². The third-order valence-corrected chi connectivity index (χ3v) is 2.76. The van der Waals surface area contributed by atoms with Crippen LogP contribution in [0, 0.1) is 5.82 Å². The Balaban J connectivity index is 2.12. The van der Waals surface area contributed by atoms with Gasteiger partial charge in [-0.25, -0.2) is 4.39 Å². The number of halogens is 1. The molecule has 0 spiro atoms. The number of rotatable bonds is 3. The van der Waals surface area contributed by atoms with Crippen LogP contribution in [0.2, 0.25) is 0 Å². The van der Waals surface area contributed by atoms with Crippen LogP contribution in [0.15, 0.2) is 24.3 Å². The van der Waals surface area contributed by atoms with E-state index in [9.17, 15) is 4.39 Å². The highest BCUT2D eigenvalue weighted by Crippen LogP contribution is 2.34. The van der Waals surface area contributed by atoms with E-state index in [0.29, 0.717) is 13.0 Å². The molecule has 1 aliphatic rings. The van der Waals surface area contributed by atoms with E-state index in [-0.39, 0.29) is 18.5 Å². The topological polar surface area (TPSA) is 38.7 Å². The van der Waals surface area contributed by atoms with Crippen LogP contribution in [0.1, 0.15) is 18.9 Å². The first-order valence-corrected chi connectivity index (χ1v) is 5.33. The maximum atomic E-state index is 12.8. The van der Waals surface area contributed by atoms with Crippen molar-refractivity contribution in [2.75, 3.05) is 13.2 Å². The Morgan fingerprint density at radius 2 is 2.12 bits per heavy atom. The fraction of sp³-hybridized carbons (Fsp3) is 0.500. The molecule has 0 amide bonds. The molecule has 1 N–H and O–H groups in total. The third-order valence-electron chi connectivity index (χ3n) is 2.76. The standard InChI is InChI=1S/C12H15FO3/c1-12(9-2-4-10(13)5-3-9)15-8-11(16-12)6-7-14/h2-5,11,14H,6-8H2,1H3. The molecule has 0 saturated carbocycles. The predicted octanol–water partition coefficient (Wildman–Crippen LogP) is 1.80. The molecule has 2 rings (SSSR count). The van der Waals surface area contributed by atoms with Gasteiger partial charge in [-0.15, -0.1) is 0 Å². The van der Waals surface area contributed by atoms with Crippen LogP contribution >= 0.6 is 0 Å². The molecule has 1 fully saturated rings. The van der Waals surface area contributed by atoms with Crippen molar-refractivity contribution < 1.29 is 19.0 Å². The molecule has 4 heteroatoms. The second kappa shape index (κ2) is 4.49. The van der Waals surface area contributed by atoms with Gasteiger partial charge >= 0.3 is 0 Å². The summed E-state index contributed by atoms with van der Waals surface area (Å²) in [6.07, 6.45) is 0.455. The summed E-state index contributed by atoms with van der Waals surface area (Å²) >= 11 is 0. The molecule has 0 aliphatic carbocycles. The van der Waals surface area contributed by atoms with Crippen molar-refractivity contribution in [3.05, 3.63) is 35.6 Å². The lowest BCUT2D eigenvalue weighted by molar-refractivity contribution is -0.163. The first kappa shape index (κ1) is 11.5. The van der Waals surface area contributed by atoms with Crippen LogP contribution in [0.25, 0.3) is 0 Å². The number of aliphatic hydroxyl groups excluding tert-OH is 1. The largest absolute Gasteiger partial charge is 0.396 e. The summed E-state index contributed by atoms with van der Waals surface area (Å²) < 4.78 is 24.1. The van der Waals surface area contributed by atoms with Crippen molar-refractivity contribution in [3.63, 3.8) is 0 Å². The Kier molecular flexibility index (Phi) is 3.23. The minimum atomic E-state index is -0.826. The molecule has 1 aliphatic heterocycles. The summed E-state index contributed by atoms with van der Waals surface area (Å²) in [5.74, 6) is -1.11. The quantitative estimate of drug-likeness (QED) is 0.854. The SMILES string of the molecule is CC1(c2ccc(F)cc2)OCC(CCO)O1.